The number of aliphatic hydroxyl groups is 1. The third kappa shape index (κ3) is 82.4. The van der Waals surface area contributed by atoms with Crippen LogP contribution in [0.2, 0.25) is 0 Å². The van der Waals surface area contributed by atoms with Crippen molar-refractivity contribution in [3.8, 4) is 0 Å². The molecule has 0 rings (SSSR count). The fraction of sp³-hybridized carbons (Fsp3) is 0.956. The van der Waals surface area contributed by atoms with Gasteiger partial charge in [-0.25, -0.2) is 9.13 Å². The number of aliphatic hydroxyl groups excluding tert-OH is 1. The van der Waals surface area contributed by atoms with Crippen LogP contribution in [0.5, 0.6) is 0 Å². The first-order valence-corrected chi connectivity index (χ1v) is 49.4. The molecule has 0 radical (unpaired) electrons. The number of carbonyl (C=O) groups excluding carboxylic acids is 4. The summed E-state index contributed by atoms with van der Waals surface area (Å²) in [6, 6.07) is 0. The minimum Gasteiger partial charge on any atom is -0.462 e. The summed E-state index contributed by atoms with van der Waals surface area (Å²) < 4.78 is 68.9. The van der Waals surface area contributed by atoms with Crippen LogP contribution in [0.15, 0.2) is 0 Å². The molecule has 3 N–H and O–H groups in total. The van der Waals surface area contributed by atoms with E-state index in [4.69, 9.17) is 37.0 Å². The molecule has 0 spiro atoms. The molecule has 19 heteroatoms. The van der Waals surface area contributed by atoms with Crippen molar-refractivity contribution < 1.29 is 80.2 Å². The SMILES string of the molecule is CCCCCCCCCC(=O)OC[C@H](COP(=O)(O)OC[C@H](O)COP(=O)(O)OC[C@@H](COC(=O)CCCCCCCCCCCCCCCCCCCCC(C)C)OC(=O)CCCCCCCCCCCCCCCCCCCCC(C)CC)OC(=O)CCCCCCCCCCCCCCCCCCC(C)C. The van der Waals surface area contributed by atoms with E-state index in [9.17, 15) is 43.2 Å². The normalized spacial score (nSPS) is 14.1. The predicted molar refractivity (Wildman–Crippen MR) is 451 cm³/mol. The summed E-state index contributed by atoms with van der Waals surface area (Å²) in [5.41, 5.74) is 0. The number of carbonyl (C=O) groups is 4. The zero-order valence-electron chi connectivity index (χ0n) is 72.0. The Morgan fingerprint density at radius 3 is 0.697 bits per heavy atom. The second-order valence-corrected chi connectivity index (χ2v) is 36.4. The molecule has 0 saturated carbocycles. The maximum absolute atomic E-state index is 13.2. The van der Waals surface area contributed by atoms with E-state index in [0.29, 0.717) is 25.7 Å². The molecule has 0 saturated heterocycles. The third-order valence-corrected chi connectivity index (χ3v) is 23.4. The van der Waals surface area contributed by atoms with Crippen molar-refractivity contribution in [3.63, 3.8) is 0 Å². The van der Waals surface area contributed by atoms with Crippen LogP contribution in [0.25, 0.3) is 0 Å². The summed E-state index contributed by atoms with van der Waals surface area (Å²) in [4.78, 5) is 73.2. The highest BCUT2D eigenvalue weighted by atomic mass is 31.2. The lowest BCUT2D eigenvalue weighted by atomic mass is 9.99. The molecule has 0 aliphatic rings. The summed E-state index contributed by atoms with van der Waals surface area (Å²) in [5.74, 6) is 0.399. The van der Waals surface area contributed by atoms with E-state index in [0.717, 1.165) is 120 Å². The van der Waals surface area contributed by atoms with Gasteiger partial charge in [0.25, 0.3) is 0 Å². The number of hydrogen-bond donors (Lipinski definition) is 3. The van der Waals surface area contributed by atoms with Gasteiger partial charge in [-0.15, -0.1) is 0 Å². The molecule has 3 unspecified atom stereocenters. The lowest BCUT2D eigenvalue weighted by Crippen LogP contribution is -2.30. The van der Waals surface area contributed by atoms with Crippen molar-refractivity contribution >= 4 is 39.5 Å². The molecule has 0 heterocycles. The molecule has 109 heavy (non-hydrogen) atoms. The van der Waals surface area contributed by atoms with Gasteiger partial charge in [0.2, 0.25) is 0 Å². The van der Waals surface area contributed by atoms with Gasteiger partial charge in [0.15, 0.2) is 12.2 Å². The molecule has 0 aliphatic heterocycles. The third-order valence-electron chi connectivity index (χ3n) is 21.5. The summed E-state index contributed by atoms with van der Waals surface area (Å²) in [6.07, 6.45) is 72.5. The summed E-state index contributed by atoms with van der Waals surface area (Å²) >= 11 is 0. The van der Waals surface area contributed by atoms with Crippen molar-refractivity contribution in [1.82, 2.24) is 0 Å². The van der Waals surface area contributed by atoms with Crippen molar-refractivity contribution in [3.05, 3.63) is 0 Å². The second kappa shape index (κ2) is 79.9. The van der Waals surface area contributed by atoms with Gasteiger partial charge in [-0.3, -0.25) is 37.3 Å². The number of phosphoric ester groups is 2. The number of hydrogen-bond acceptors (Lipinski definition) is 15. The molecule has 0 amide bonds. The monoisotopic (exact) mass is 1590 g/mol. The van der Waals surface area contributed by atoms with Crippen molar-refractivity contribution in [2.45, 2.75) is 497 Å². The first-order valence-electron chi connectivity index (χ1n) is 46.4. The van der Waals surface area contributed by atoms with Crippen molar-refractivity contribution in [1.29, 1.82) is 0 Å². The first kappa shape index (κ1) is 107. The largest absolute Gasteiger partial charge is 0.472 e. The Morgan fingerprint density at radius 2 is 0.468 bits per heavy atom. The molecular formula is C90H176O17P2. The number of unbranched alkanes of at least 4 members (excludes halogenated alkanes) is 55. The number of phosphoric acid groups is 2. The molecule has 6 atom stereocenters. The minimum absolute atomic E-state index is 0.108. The van der Waals surface area contributed by atoms with E-state index in [1.54, 1.807) is 0 Å². The first-order chi connectivity index (χ1) is 52.8. The molecule has 0 aliphatic carbocycles. The molecule has 0 aromatic heterocycles. The van der Waals surface area contributed by atoms with Gasteiger partial charge < -0.3 is 33.8 Å². The summed E-state index contributed by atoms with van der Waals surface area (Å²) in [6.45, 7) is 12.1. The van der Waals surface area contributed by atoms with Crippen LogP contribution in [0.1, 0.15) is 479 Å². The molecule has 0 bridgehead atoms. The molecule has 0 aromatic rings. The number of esters is 4. The lowest BCUT2D eigenvalue weighted by molar-refractivity contribution is -0.161. The van der Waals surface area contributed by atoms with E-state index in [-0.39, 0.29) is 25.7 Å². The van der Waals surface area contributed by atoms with E-state index in [1.807, 2.05) is 0 Å². The molecular weight excluding hydrogens is 1410 g/mol. The van der Waals surface area contributed by atoms with Crippen molar-refractivity contribution in [2.24, 2.45) is 17.8 Å². The zero-order chi connectivity index (χ0) is 80.0. The average molecular weight is 1590 g/mol. The van der Waals surface area contributed by atoms with Gasteiger partial charge in [0.05, 0.1) is 26.4 Å². The highest BCUT2D eigenvalue weighted by Gasteiger charge is 2.31. The minimum atomic E-state index is -4.97. The number of rotatable bonds is 88. The maximum Gasteiger partial charge on any atom is 0.472 e. The second-order valence-electron chi connectivity index (χ2n) is 33.5. The van der Waals surface area contributed by atoms with Crippen LogP contribution in [0, 0.1) is 17.8 Å². The van der Waals surface area contributed by atoms with E-state index >= 15 is 0 Å². The Balaban J connectivity index is 5.15. The topological polar surface area (TPSA) is 237 Å². The Hall–Kier alpha value is -1.94. The Labute approximate surface area is 670 Å². The summed E-state index contributed by atoms with van der Waals surface area (Å²) in [5, 5.41) is 10.7. The Kier molecular flexibility index (Phi) is 78.5. The maximum atomic E-state index is 13.2. The highest BCUT2D eigenvalue weighted by Crippen LogP contribution is 2.45. The van der Waals surface area contributed by atoms with Crippen LogP contribution in [-0.2, 0) is 65.4 Å². The van der Waals surface area contributed by atoms with Gasteiger partial charge in [-0.1, -0.05) is 427 Å². The summed E-state index contributed by atoms with van der Waals surface area (Å²) in [7, 11) is -9.93. The van der Waals surface area contributed by atoms with Crippen LogP contribution in [0.3, 0.4) is 0 Å². The Bertz CT molecular complexity index is 2100. The quantitative estimate of drug-likeness (QED) is 0.0222. The fourth-order valence-corrected chi connectivity index (χ4v) is 15.6. The molecule has 0 fully saturated rings. The van der Waals surface area contributed by atoms with Crippen molar-refractivity contribution in [2.75, 3.05) is 39.6 Å². The predicted octanol–water partition coefficient (Wildman–Crippen LogP) is 27.6. The fourth-order valence-electron chi connectivity index (χ4n) is 14.0. The highest BCUT2D eigenvalue weighted by molar-refractivity contribution is 7.47. The van der Waals surface area contributed by atoms with E-state index in [1.165, 1.54) is 276 Å². The zero-order valence-corrected chi connectivity index (χ0v) is 73.8. The van der Waals surface area contributed by atoms with Crippen LogP contribution in [0.4, 0.5) is 0 Å². The smallest absolute Gasteiger partial charge is 0.462 e. The van der Waals surface area contributed by atoms with Gasteiger partial charge in [0.1, 0.15) is 19.3 Å². The number of ether oxygens (including phenoxy) is 4. The van der Waals surface area contributed by atoms with E-state index < -0.39 is 97.5 Å². The Morgan fingerprint density at radius 1 is 0.266 bits per heavy atom. The van der Waals surface area contributed by atoms with Gasteiger partial charge in [0, 0.05) is 25.7 Å². The van der Waals surface area contributed by atoms with Gasteiger partial charge in [-0.05, 0) is 43.4 Å². The van der Waals surface area contributed by atoms with Gasteiger partial charge in [-0.2, -0.15) is 0 Å². The van der Waals surface area contributed by atoms with E-state index in [2.05, 4.69) is 48.5 Å². The lowest BCUT2D eigenvalue weighted by Gasteiger charge is -2.21. The van der Waals surface area contributed by atoms with Crippen LogP contribution in [-0.4, -0.2) is 96.7 Å². The standard InChI is InChI=1S/C90H176O17P2/c1-8-10-11-12-47-57-64-71-87(92)100-77-85(106-89(94)73-66-60-53-46-40-34-28-22-21-24-30-36-42-49-55-62-69-82(5)6)79-104-108(96,97)102-75-84(91)76-103-109(98,99)105-80-86(78-101-88(93)72-65-58-51-44-38-32-26-19-15-13-17-23-29-35-41-48-54-61-68-81(3)4)107-90(95)74-67-59-52-45-39-33-27-20-16-14-18-25-31-37-43-50-56-63-70-83(7)9-2/h81-86,91H,8-80H2,1-7H3,(H,96,97)(H,98,99)/t83?,84-,85+,86+/m0/s1. The van der Waals surface area contributed by atoms with Gasteiger partial charge >= 0.3 is 39.5 Å². The van der Waals surface area contributed by atoms with Crippen LogP contribution >= 0.6 is 15.6 Å². The van der Waals surface area contributed by atoms with Crippen LogP contribution < -0.4 is 0 Å². The molecule has 648 valence electrons. The molecule has 0 aromatic carbocycles. The average Bonchev–Trinajstić information content (AvgIpc) is 0.901. The molecule has 17 nitrogen and oxygen atoms in total.